The predicted octanol–water partition coefficient (Wildman–Crippen LogP) is 5.20. The zero-order chi connectivity index (χ0) is 23.3. The van der Waals surface area contributed by atoms with Crippen LogP contribution in [-0.4, -0.2) is 21.9 Å². The molecule has 1 aliphatic rings. The number of aliphatic hydroxyl groups excluding tert-OH is 1. The van der Waals surface area contributed by atoms with Gasteiger partial charge in [-0.15, -0.1) is 0 Å². The van der Waals surface area contributed by atoms with Crippen LogP contribution in [0.2, 0.25) is 0 Å². The highest BCUT2D eigenvalue weighted by atomic mass is 19.1. The molecular weight excluding hydrogens is 432 g/mol. The van der Waals surface area contributed by atoms with Gasteiger partial charge in [0.1, 0.15) is 23.0 Å². The van der Waals surface area contributed by atoms with E-state index in [2.05, 4.69) is 0 Å². The van der Waals surface area contributed by atoms with E-state index < -0.39 is 35.1 Å². The first-order valence-corrected chi connectivity index (χ1v) is 9.89. The van der Waals surface area contributed by atoms with Gasteiger partial charge in [-0.2, -0.15) is 0 Å². The molecule has 164 valence electrons. The average molecular weight is 447 g/mol. The van der Waals surface area contributed by atoms with Gasteiger partial charge in [-0.05, 0) is 42.0 Å². The summed E-state index contributed by atoms with van der Waals surface area (Å²) in [7, 11) is 0. The van der Waals surface area contributed by atoms with Crippen molar-refractivity contribution in [3.8, 4) is 5.75 Å². The summed E-state index contributed by atoms with van der Waals surface area (Å²) in [5.41, 5.74) is -0.0294. The van der Waals surface area contributed by atoms with Crippen molar-refractivity contribution < 1.29 is 33.0 Å². The second kappa shape index (κ2) is 7.59. The van der Waals surface area contributed by atoms with E-state index in [4.69, 9.17) is 4.42 Å². The molecule has 1 atom stereocenters. The Morgan fingerprint density at radius 2 is 1.73 bits per heavy atom. The quantitative estimate of drug-likeness (QED) is 0.420. The number of phenols is 1. The number of aliphatic hydroxyl groups is 1. The number of amides is 1. The number of benzene rings is 3. The molecule has 5 rings (SSSR count). The fraction of sp³-hybridized carbons (Fsp3) is 0.0400. The monoisotopic (exact) mass is 447 g/mol. The first kappa shape index (κ1) is 20.4. The highest BCUT2D eigenvalue weighted by Crippen LogP contribution is 2.43. The molecule has 3 aromatic carbocycles. The molecule has 0 saturated carbocycles. The fourth-order valence-corrected chi connectivity index (χ4v) is 4.00. The van der Waals surface area contributed by atoms with Gasteiger partial charge in [0.15, 0.2) is 11.5 Å². The highest BCUT2D eigenvalue weighted by molar-refractivity contribution is 6.20. The molecular formula is C25H15F2NO5. The summed E-state index contributed by atoms with van der Waals surface area (Å²) < 4.78 is 33.8. The molecule has 0 radical (unpaired) electrons. The number of carbonyl (C=O) groups excluding carboxylic acids is 2. The third-order valence-corrected chi connectivity index (χ3v) is 5.46. The van der Waals surface area contributed by atoms with Crippen LogP contribution in [0.1, 0.15) is 22.2 Å². The number of furan rings is 1. The van der Waals surface area contributed by atoms with E-state index in [0.717, 1.165) is 17.0 Å². The number of phenolic OH excluding ortho intramolecular Hbond substituents is 1. The van der Waals surface area contributed by atoms with Crippen molar-refractivity contribution in [3.05, 3.63) is 107 Å². The minimum atomic E-state index is -1.30. The van der Waals surface area contributed by atoms with E-state index in [9.17, 15) is 28.6 Å². The zero-order valence-corrected chi connectivity index (χ0v) is 16.8. The predicted molar refractivity (Wildman–Crippen MR) is 115 cm³/mol. The Balaban J connectivity index is 1.69. The summed E-state index contributed by atoms with van der Waals surface area (Å²) in [6.45, 7) is 0. The maximum absolute atomic E-state index is 14.7. The van der Waals surface area contributed by atoms with Crippen LogP contribution in [0.25, 0.3) is 11.0 Å². The van der Waals surface area contributed by atoms with Gasteiger partial charge in [0.05, 0.1) is 17.3 Å². The summed E-state index contributed by atoms with van der Waals surface area (Å²) in [5, 5.41) is 21.3. The van der Waals surface area contributed by atoms with Crippen molar-refractivity contribution >= 4 is 28.3 Å². The molecule has 0 fully saturated rings. The van der Waals surface area contributed by atoms with Crippen LogP contribution < -0.4 is 4.90 Å². The number of Topliss-reactive ketones (excluding diaryl/α,β-unsaturated/α-hetero) is 1. The molecule has 0 spiro atoms. The third-order valence-electron chi connectivity index (χ3n) is 5.46. The minimum Gasteiger partial charge on any atom is -0.508 e. The van der Waals surface area contributed by atoms with Crippen molar-refractivity contribution in [1.29, 1.82) is 0 Å². The van der Waals surface area contributed by atoms with Crippen LogP contribution in [-0.2, 0) is 4.79 Å². The van der Waals surface area contributed by atoms with E-state index in [-0.39, 0.29) is 28.3 Å². The number of halogens is 2. The summed E-state index contributed by atoms with van der Waals surface area (Å²) in [6, 6.07) is 15.3. The van der Waals surface area contributed by atoms with Gasteiger partial charge in [-0.1, -0.05) is 30.3 Å². The number of rotatable bonds is 4. The normalized spacial score (nSPS) is 16.1. The van der Waals surface area contributed by atoms with Crippen LogP contribution in [0.5, 0.6) is 5.75 Å². The number of para-hydroxylation sites is 1. The van der Waals surface area contributed by atoms with Gasteiger partial charge >= 0.3 is 0 Å². The van der Waals surface area contributed by atoms with E-state index in [1.54, 1.807) is 24.3 Å². The topological polar surface area (TPSA) is 91.0 Å². The zero-order valence-electron chi connectivity index (χ0n) is 16.8. The SMILES string of the molecule is O=C(C1=C(O)C(=O)N(c2ccc(F)cc2F)C1c1cccc(O)c1)c1cc2ccccc2o1. The van der Waals surface area contributed by atoms with Gasteiger partial charge < -0.3 is 14.6 Å². The standard InChI is InChI=1S/C25H15F2NO5/c26-15-8-9-18(17(27)12-15)28-22(14-5-3-6-16(29)10-14)21(24(31)25(28)32)23(30)20-11-13-4-1-2-7-19(13)33-20/h1-12,22,29,31H. The molecule has 0 bridgehead atoms. The lowest BCUT2D eigenvalue weighted by Gasteiger charge is -2.27. The van der Waals surface area contributed by atoms with Crippen LogP contribution in [0.15, 0.2) is 88.5 Å². The molecule has 1 amide bonds. The average Bonchev–Trinajstić information content (AvgIpc) is 3.33. The van der Waals surface area contributed by atoms with Crippen molar-refractivity contribution in [2.45, 2.75) is 6.04 Å². The summed E-state index contributed by atoms with van der Waals surface area (Å²) in [4.78, 5) is 27.3. The summed E-state index contributed by atoms with van der Waals surface area (Å²) in [6.07, 6.45) is 0. The largest absolute Gasteiger partial charge is 0.508 e. The van der Waals surface area contributed by atoms with Crippen molar-refractivity contribution in [3.63, 3.8) is 0 Å². The van der Waals surface area contributed by atoms with Crippen molar-refractivity contribution in [2.75, 3.05) is 4.90 Å². The van der Waals surface area contributed by atoms with Crippen LogP contribution in [0, 0.1) is 11.6 Å². The lowest BCUT2D eigenvalue weighted by molar-refractivity contribution is -0.117. The van der Waals surface area contributed by atoms with E-state index in [1.165, 1.54) is 30.3 Å². The van der Waals surface area contributed by atoms with E-state index in [0.29, 0.717) is 17.0 Å². The molecule has 4 aromatic rings. The first-order valence-electron chi connectivity index (χ1n) is 9.89. The van der Waals surface area contributed by atoms with E-state index >= 15 is 0 Å². The van der Waals surface area contributed by atoms with Gasteiger partial charge in [0.25, 0.3) is 5.91 Å². The Hall–Kier alpha value is -4.46. The second-order valence-corrected chi connectivity index (χ2v) is 7.51. The molecule has 2 heterocycles. The van der Waals surface area contributed by atoms with Crippen LogP contribution >= 0.6 is 0 Å². The molecule has 6 nitrogen and oxygen atoms in total. The Kier molecular flexibility index (Phi) is 4.70. The highest BCUT2D eigenvalue weighted by Gasteiger charge is 2.46. The first-order chi connectivity index (χ1) is 15.8. The molecule has 1 aromatic heterocycles. The Morgan fingerprint density at radius 3 is 2.45 bits per heavy atom. The number of ketones is 1. The number of anilines is 1. The molecule has 33 heavy (non-hydrogen) atoms. The van der Waals surface area contributed by atoms with Crippen LogP contribution in [0.3, 0.4) is 0 Å². The van der Waals surface area contributed by atoms with Gasteiger partial charge in [0.2, 0.25) is 5.78 Å². The molecule has 0 aliphatic carbocycles. The van der Waals surface area contributed by atoms with Gasteiger partial charge in [-0.3, -0.25) is 14.5 Å². The Labute approximate surface area is 185 Å². The van der Waals surface area contributed by atoms with E-state index in [1.807, 2.05) is 0 Å². The number of hydrogen-bond acceptors (Lipinski definition) is 5. The maximum atomic E-state index is 14.7. The second-order valence-electron chi connectivity index (χ2n) is 7.51. The summed E-state index contributed by atoms with van der Waals surface area (Å²) in [5.74, 6) is -4.92. The number of carbonyl (C=O) groups is 2. The van der Waals surface area contributed by atoms with Crippen molar-refractivity contribution in [2.24, 2.45) is 0 Å². The number of hydrogen-bond donors (Lipinski definition) is 2. The number of aromatic hydroxyl groups is 1. The third kappa shape index (κ3) is 3.32. The van der Waals surface area contributed by atoms with Gasteiger partial charge in [-0.25, -0.2) is 8.78 Å². The molecule has 0 saturated heterocycles. The van der Waals surface area contributed by atoms with Crippen LogP contribution in [0.4, 0.5) is 14.5 Å². The molecule has 8 heteroatoms. The lowest BCUT2D eigenvalue weighted by atomic mass is 9.94. The smallest absolute Gasteiger partial charge is 0.294 e. The number of nitrogens with zero attached hydrogens (tertiary/aromatic N) is 1. The molecule has 1 aliphatic heterocycles. The van der Waals surface area contributed by atoms with Crippen molar-refractivity contribution in [1.82, 2.24) is 0 Å². The maximum Gasteiger partial charge on any atom is 0.294 e. The minimum absolute atomic E-state index is 0.128. The Morgan fingerprint density at radius 1 is 0.939 bits per heavy atom. The lowest BCUT2D eigenvalue weighted by Crippen LogP contribution is -2.31. The number of fused-ring (bicyclic) bond motifs is 1. The van der Waals surface area contributed by atoms with Gasteiger partial charge in [0, 0.05) is 11.5 Å². The molecule has 1 unspecified atom stereocenters. The fourth-order valence-electron chi connectivity index (χ4n) is 4.00. The molecule has 2 N–H and O–H groups in total. The Bertz CT molecular complexity index is 1440. The summed E-state index contributed by atoms with van der Waals surface area (Å²) >= 11 is 0.